The van der Waals surface area contributed by atoms with E-state index >= 15 is 0 Å². The monoisotopic (exact) mass is 234 g/mol. The van der Waals surface area contributed by atoms with Crippen molar-refractivity contribution in [1.82, 2.24) is 0 Å². The Kier molecular flexibility index (Phi) is 3.24. The van der Waals surface area contributed by atoms with Crippen molar-refractivity contribution >= 4 is 11.6 Å². The third-order valence-electron chi connectivity index (χ3n) is 2.13. The summed E-state index contributed by atoms with van der Waals surface area (Å²) >= 11 is 5.85. The van der Waals surface area contributed by atoms with Gasteiger partial charge in [-0.25, -0.2) is 8.78 Å². The van der Waals surface area contributed by atoms with Gasteiger partial charge in [0.15, 0.2) is 0 Å². The number of rotatable bonds is 1. The quantitative estimate of drug-likeness (QED) is 0.769. The van der Waals surface area contributed by atoms with Crippen LogP contribution in [0.25, 0.3) is 0 Å². The summed E-state index contributed by atoms with van der Waals surface area (Å²) in [6.45, 7) is 5.43. The highest BCUT2D eigenvalue weighted by molar-refractivity contribution is 6.32. The van der Waals surface area contributed by atoms with Crippen LogP contribution in [-0.2, 0) is 5.41 Å². The molecule has 0 aromatic heterocycles. The Morgan fingerprint density at radius 2 is 1.80 bits per heavy atom. The smallest absolute Gasteiger partial charge is 0.265 e. The van der Waals surface area contributed by atoms with Crippen molar-refractivity contribution in [3.8, 4) is 5.75 Å². The van der Waals surface area contributed by atoms with E-state index in [0.717, 1.165) is 6.07 Å². The van der Waals surface area contributed by atoms with Crippen molar-refractivity contribution in [3.63, 3.8) is 0 Å². The molecule has 1 aromatic rings. The minimum absolute atomic E-state index is 0.0440. The van der Waals surface area contributed by atoms with Gasteiger partial charge in [0.1, 0.15) is 5.75 Å². The molecule has 0 aliphatic heterocycles. The molecule has 0 bridgehead atoms. The van der Waals surface area contributed by atoms with Crippen LogP contribution in [0.5, 0.6) is 5.75 Å². The van der Waals surface area contributed by atoms with E-state index in [-0.39, 0.29) is 16.3 Å². The second-order valence-electron chi connectivity index (χ2n) is 4.41. The van der Waals surface area contributed by atoms with Gasteiger partial charge >= 0.3 is 0 Å². The fraction of sp³-hybridized carbons (Fsp3) is 0.455. The Bertz CT molecular complexity index is 370. The molecule has 0 aliphatic carbocycles. The molecular formula is C11H13ClF2O. The van der Waals surface area contributed by atoms with Crippen LogP contribution in [0.4, 0.5) is 8.78 Å². The van der Waals surface area contributed by atoms with Crippen LogP contribution >= 0.6 is 11.6 Å². The topological polar surface area (TPSA) is 20.2 Å². The van der Waals surface area contributed by atoms with E-state index in [9.17, 15) is 13.9 Å². The van der Waals surface area contributed by atoms with Crippen LogP contribution in [0.1, 0.15) is 38.3 Å². The van der Waals surface area contributed by atoms with Gasteiger partial charge in [0.05, 0.1) is 5.02 Å². The van der Waals surface area contributed by atoms with E-state index < -0.39 is 11.8 Å². The fourth-order valence-electron chi connectivity index (χ4n) is 1.46. The van der Waals surface area contributed by atoms with Crippen molar-refractivity contribution in [2.45, 2.75) is 32.6 Å². The number of aromatic hydroxyl groups is 1. The first-order chi connectivity index (χ1) is 6.75. The number of phenolic OH excluding ortho intramolecular Hbond substituents is 1. The highest BCUT2D eigenvalue weighted by Gasteiger charge is 2.25. The zero-order valence-electron chi connectivity index (χ0n) is 8.81. The van der Waals surface area contributed by atoms with E-state index in [0.29, 0.717) is 5.56 Å². The Hall–Kier alpha value is -0.830. The van der Waals surface area contributed by atoms with Gasteiger partial charge in [0.25, 0.3) is 6.43 Å². The third kappa shape index (κ3) is 2.40. The van der Waals surface area contributed by atoms with Crippen molar-refractivity contribution in [2.24, 2.45) is 0 Å². The van der Waals surface area contributed by atoms with Crippen molar-refractivity contribution < 1.29 is 13.9 Å². The van der Waals surface area contributed by atoms with E-state index in [1.54, 1.807) is 0 Å². The number of alkyl halides is 2. The number of hydrogen-bond acceptors (Lipinski definition) is 1. The molecule has 0 unspecified atom stereocenters. The predicted octanol–water partition coefficient (Wildman–Crippen LogP) is 4.28. The number of phenols is 1. The van der Waals surface area contributed by atoms with Crippen LogP contribution in [0.3, 0.4) is 0 Å². The maximum Gasteiger partial charge on any atom is 0.265 e. The maximum atomic E-state index is 12.6. The summed E-state index contributed by atoms with van der Waals surface area (Å²) in [4.78, 5) is 0. The molecule has 4 heteroatoms. The normalized spacial score (nSPS) is 12.2. The van der Waals surface area contributed by atoms with Crippen molar-refractivity contribution in [1.29, 1.82) is 0 Å². The maximum absolute atomic E-state index is 12.6. The fourth-order valence-corrected chi connectivity index (χ4v) is 1.99. The Morgan fingerprint density at radius 1 is 1.27 bits per heavy atom. The van der Waals surface area contributed by atoms with Crippen LogP contribution in [-0.4, -0.2) is 5.11 Å². The molecule has 0 spiro atoms. The summed E-state index contributed by atoms with van der Waals surface area (Å²) in [6.07, 6.45) is -2.63. The van der Waals surface area contributed by atoms with E-state index in [1.165, 1.54) is 6.07 Å². The average Bonchev–Trinajstić information content (AvgIpc) is 2.00. The Morgan fingerprint density at radius 3 is 2.20 bits per heavy atom. The minimum atomic E-state index is -2.63. The van der Waals surface area contributed by atoms with Crippen LogP contribution in [0.15, 0.2) is 12.1 Å². The van der Waals surface area contributed by atoms with Gasteiger partial charge in [-0.05, 0) is 17.5 Å². The van der Waals surface area contributed by atoms with Gasteiger partial charge in [-0.3, -0.25) is 0 Å². The molecule has 0 heterocycles. The summed E-state index contributed by atoms with van der Waals surface area (Å²) in [5.41, 5.74) is -0.340. The standard InChI is InChI=1S/C11H13ClF2O/c1-11(2,3)8-7(15)5-4-6(9(8)12)10(13)14/h4-5,10,15H,1-3H3. The molecule has 1 nitrogen and oxygen atoms in total. The highest BCUT2D eigenvalue weighted by Crippen LogP contribution is 2.41. The highest BCUT2D eigenvalue weighted by atomic mass is 35.5. The molecule has 1 rings (SSSR count). The van der Waals surface area contributed by atoms with Gasteiger partial charge in [-0.2, -0.15) is 0 Å². The lowest BCUT2D eigenvalue weighted by atomic mass is 9.85. The SMILES string of the molecule is CC(C)(C)c1c(O)ccc(C(F)F)c1Cl. The Balaban J connectivity index is 3.44. The summed E-state index contributed by atoms with van der Waals surface area (Å²) in [5, 5.41) is 9.56. The molecule has 1 N–H and O–H groups in total. The molecule has 1 aromatic carbocycles. The minimum Gasteiger partial charge on any atom is -0.508 e. The molecule has 0 atom stereocenters. The molecule has 0 saturated heterocycles. The van der Waals surface area contributed by atoms with Crippen LogP contribution < -0.4 is 0 Å². The van der Waals surface area contributed by atoms with Gasteiger partial charge in [-0.1, -0.05) is 32.4 Å². The van der Waals surface area contributed by atoms with Gasteiger partial charge < -0.3 is 5.11 Å². The van der Waals surface area contributed by atoms with Crippen molar-refractivity contribution in [3.05, 3.63) is 28.3 Å². The molecular weight excluding hydrogens is 222 g/mol. The van der Waals surface area contributed by atoms with E-state index in [2.05, 4.69) is 0 Å². The molecule has 0 saturated carbocycles. The zero-order chi connectivity index (χ0) is 11.8. The summed E-state index contributed by atoms with van der Waals surface area (Å²) < 4.78 is 25.1. The lowest BCUT2D eigenvalue weighted by molar-refractivity contribution is 0.151. The molecule has 0 fully saturated rings. The van der Waals surface area contributed by atoms with Crippen LogP contribution in [0, 0.1) is 0 Å². The van der Waals surface area contributed by atoms with Gasteiger partial charge in [0.2, 0.25) is 0 Å². The second-order valence-corrected chi connectivity index (χ2v) is 4.79. The summed E-state index contributed by atoms with van der Waals surface area (Å²) in [5.74, 6) is -0.0445. The van der Waals surface area contributed by atoms with E-state index in [4.69, 9.17) is 11.6 Å². The first-order valence-electron chi connectivity index (χ1n) is 4.55. The first kappa shape index (κ1) is 12.2. The lowest BCUT2D eigenvalue weighted by Gasteiger charge is -2.23. The molecule has 84 valence electrons. The number of hydrogen-bond donors (Lipinski definition) is 1. The van der Waals surface area contributed by atoms with Gasteiger partial charge in [-0.15, -0.1) is 0 Å². The van der Waals surface area contributed by atoms with Gasteiger partial charge in [0, 0.05) is 11.1 Å². The van der Waals surface area contributed by atoms with Crippen LogP contribution in [0.2, 0.25) is 5.02 Å². The average molecular weight is 235 g/mol. The molecule has 0 amide bonds. The number of benzene rings is 1. The number of halogens is 3. The summed E-state index contributed by atoms with van der Waals surface area (Å²) in [6, 6.07) is 2.41. The summed E-state index contributed by atoms with van der Waals surface area (Å²) in [7, 11) is 0. The first-order valence-corrected chi connectivity index (χ1v) is 4.93. The van der Waals surface area contributed by atoms with Crippen molar-refractivity contribution in [2.75, 3.05) is 0 Å². The Labute approximate surface area is 92.7 Å². The molecule has 0 radical (unpaired) electrons. The second kappa shape index (κ2) is 3.97. The van der Waals surface area contributed by atoms with E-state index in [1.807, 2.05) is 20.8 Å². The largest absolute Gasteiger partial charge is 0.508 e. The molecule has 15 heavy (non-hydrogen) atoms. The zero-order valence-corrected chi connectivity index (χ0v) is 9.57. The lowest BCUT2D eigenvalue weighted by Crippen LogP contribution is -2.13. The predicted molar refractivity (Wildman–Crippen MR) is 56.8 cm³/mol. The molecule has 0 aliphatic rings. The third-order valence-corrected chi connectivity index (χ3v) is 2.54.